The van der Waals surface area contributed by atoms with E-state index in [9.17, 15) is 8.78 Å². The van der Waals surface area contributed by atoms with E-state index in [1.807, 2.05) is 0 Å². The average molecular weight is 104 g/mol. The molecule has 0 bridgehead atoms. The van der Waals surface area contributed by atoms with Crippen molar-refractivity contribution in [2.75, 3.05) is 0 Å². The molecule has 0 nitrogen and oxygen atoms in total. The van der Waals surface area contributed by atoms with Crippen molar-refractivity contribution in [2.45, 2.75) is 0 Å². The van der Waals surface area contributed by atoms with Crippen molar-refractivity contribution in [1.29, 1.82) is 0 Å². The Bertz CT molecular complexity index is 28.5. The highest BCUT2D eigenvalue weighted by molar-refractivity contribution is 4.57. The Balaban J connectivity index is -0.0000000450. The number of hydrogen-bond acceptors (Lipinski definition) is 0. The molecule has 0 aromatic rings. The van der Waals surface area contributed by atoms with Crippen LogP contribution in [0.1, 0.15) is 0 Å². The maximum absolute atomic E-state index is 10.1. The minimum atomic E-state index is -1.83. The molecule has 0 radical (unpaired) electrons. The first-order valence-corrected chi connectivity index (χ1v) is 0.732. The van der Waals surface area contributed by atoms with Gasteiger partial charge in [-0.3, -0.25) is 9.41 Å². The molecule has 0 aromatic heterocycles. The van der Waals surface area contributed by atoms with Crippen LogP contribution in [0.3, 0.4) is 0 Å². The number of hydrogen-bond donors (Lipinski definition) is 0. The summed E-state index contributed by atoms with van der Waals surface area (Å²) in [5, 5.41) is 0. The lowest BCUT2D eigenvalue weighted by atomic mass is 11.2. The van der Waals surface area contributed by atoms with E-state index in [0.717, 1.165) is 0 Å². The Labute approximate surface area is 32.2 Å². The Hall–Kier alpha value is -0.540. The van der Waals surface area contributed by atoms with Gasteiger partial charge in [0.2, 0.25) is 0 Å². The maximum Gasteiger partial charge on any atom is 0.263 e. The van der Waals surface area contributed by atoms with Gasteiger partial charge in [0.05, 0.1) is 0 Å². The van der Waals surface area contributed by atoms with E-state index >= 15 is 0 Å². The molecule has 0 N–H and O–H groups in total. The smallest absolute Gasteiger partial charge is 0.263 e. The molecule has 0 atom stereocenters. The highest BCUT2D eigenvalue weighted by Gasteiger charge is 1.65. The Morgan fingerprint density at radius 1 is 1.17 bits per heavy atom. The van der Waals surface area contributed by atoms with E-state index < -0.39 is 6.08 Å². The van der Waals surface area contributed by atoms with Crippen LogP contribution in [0.15, 0.2) is 12.7 Å². The quantitative estimate of drug-likeness (QED) is 0.410. The van der Waals surface area contributed by atoms with Gasteiger partial charge in [0.1, 0.15) is 0 Å². The SMILES string of the molecule is C=C(F)F.F.F. The largest absolute Gasteiger partial charge is 0.269 e. The third kappa shape index (κ3) is 71.8. The highest BCUT2D eigenvalue weighted by atomic mass is 19.3. The van der Waals surface area contributed by atoms with Gasteiger partial charge in [-0.2, -0.15) is 8.78 Å². The number of halogens is 4. The van der Waals surface area contributed by atoms with Crippen molar-refractivity contribution in [2.24, 2.45) is 0 Å². The zero-order valence-electron chi connectivity index (χ0n) is 2.78. The molecule has 0 saturated carbocycles. The summed E-state index contributed by atoms with van der Waals surface area (Å²) in [5.74, 6) is 0. The molecule has 6 heavy (non-hydrogen) atoms. The van der Waals surface area contributed by atoms with Crippen molar-refractivity contribution in [3.8, 4) is 0 Å². The Kier molecular flexibility index (Phi) is 26.4. The van der Waals surface area contributed by atoms with Gasteiger partial charge < -0.3 is 0 Å². The van der Waals surface area contributed by atoms with Crippen LogP contribution in [0.2, 0.25) is 0 Å². The van der Waals surface area contributed by atoms with Crippen molar-refractivity contribution in [3.63, 3.8) is 0 Å². The zero-order valence-corrected chi connectivity index (χ0v) is 2.78. The topological polar surface area (TPSA) is 0 Å². The zero-order chi connectivity index (χ0) is 3.58. The third-order valence-electron chi connectivity index (χ3n) is 0. The lowest BCUT2D eigenvalue weighted by Gasteiger charge is -1.54. The molecular formula is C2H4F4. The Morgan fingerprint density at radius 3 is 1.17 bits per heavy atom. The summed E-state index contributed by atoms with van der Waals surface area (Å²) in [7, 11) is 0. The van der Waals surface area contributed by atoms with Crippen LogP contribution in [-0.4, -0.2) is 0 Å². The van der Waals surface area contributed by atoms with Crippen molar-refractivity contribution in [1.82, 2.24) is 0 Å². The molecule has 0 saturated heterocycles. The minimum absolute atomic E-state index is 0. The van der Waals surface area contributed by atoms with Crippen LogP contribution in [0.5, 0.6) is 0 Å². The van der Waals surface area contributed by atoms with E-state index in [0.29, 0.717) is 0 Å². The van der Waals surface area contributed by atoms with Gasteiger partial charge >= 0.3 is 0 Å². The first-order valence-electron chi connectivity index (χ1n) is 0.732. The predicted molar refractivity (Wildman–Crippen MR) is 16.4 cm³/mol. The van der Waals surface area contributed by atoms with Crippen LogP contribution in [0, 0.1) is 0 Å². The fraction of sp³-hybridized carbons (Fsp3) is 0. The molecule has 0 aromatic carbocycles. The van der Waals surface area contributed by atoms with Gasteiger partial charge in [-0.15, -0.1) is 0 Å². The molecule has 0 rings (SSSR count). The van der Waals surface area contributed by atoms with Gasteiger partial charge in [0, 0.05) is 0 Å². The van der Waals surface area contributed by atoms with Crippen molar-refractivity contribution >= 4 is 0 Å². The molecule has 0 heterocycles. The molecule has 4 heteroatoms. The average Bonchev–Trinajstić information content (AvgIpc) is 0.811. The van der Waals surface area contributed by atoms with Gasteiger partial charge in [-0.25, -0.2) is 0 Å². The lowest BCUT2D eigenvalue weighted by molar-refractivity contribution is 0.426. The molecule has 0 aliphatic heterocycles. The minimum Gasteiger partial charge on any atom is -0.269 e. The molecule has 0 fully saturated rings. The molecular weight excluding hydrogens is 100 g/mol. The van der Waals surface area contributed by atoms with E-state index in [-0.39, 0.29) is 9.41 Å². The van der Waals surface area contributed by atoms with Crippen LogP contribution in [0.25, 0.3) is 0 Å². The summed E-state index contributed by atoms with van der Waals surface area (Å²) in [6.45, 7) is 2.22. The second kappa shape index (κ2) is 8.82. The van der Waals surface area contributed by atoms with Gasteiger partial charge in [-0.1, -0.05) is 0 Å². The van der Waals surface area contributed by atoms with Crippen LogP contribution < -0.4 is 0 Å². The van der Waals surface area contributed by atoms with Crippen LogP contribution >= 0.6 is 0 Å². The van der Waals surface area contributed by atoms with Crippen LogP contribution in [-0.2, 0) is 0 Å². The summed E-state index contributed by atoms with van der Waals surface area (Å²) < 4.78 is 20.3. The van der Waals surface area contributed by atoms with Gasteiger partial charge in [0.25, 0.3) is 6.08 Å². The van der Waals surface area contributed by atoms with E-state index in [1.54, 1.807) is 0 Å². The summed E-state index contributed by atoms with van der Waals surface area (Å²) >= 11 is 0. The normalized spacial score (nSPS) is 4.33. The highest BCUT2D eigenvalue weighted by Crippen LogP contribution is 1.85. The van der Waals surface area contributed by atoms with Crippen molar-refractivity contribution < 1.29 is 18.2 Å². The van der Waals surface area contributed by atoms with E-state index in [2.05, 4.69) is 6.58 Å². The summed E-state index contributed by atoms with van der Waals surface area (Å²) in [5.41, 5.74) is 0. The van der Waals surface area contributed by atoms with E-state index in [1.165, 1.54) is 0 Å². The monoisotopic (exact) mass is 104 g/mol. The predicted octanol–water partition coefficient (Wildman–Crippen LogP) is 1.70. The first-order chi connectivity index (χ1) is 1.73. The third-order valence-corrected chi connectivity index (χ3v) is 0. The molecule has 0 unspecified atom stereocenters. The standard InChI is InChI=1S/C2H2F2.2FH/c1-2(3)4;;/h1H2;2*1H. The summed E-state index contributed by atoms with van der Waals surface area (Å²) in [6.07, 6.45) is -1.83. The first kappa shape index (κ1) is 17.9. The lowest BCUT2D eigenvalue weighted by Crippen LogP contribution is -1.33. The fourth-order valence-electron chi connectivity index (χ4n) is 0. The molecule has 40 valence electrons. The molecule has 0 amide bonds. The molecule has 0 spiro atoms. The van der Waals surface area contributed by atoms with Crippen LogP contribution in [0.4, 0.5) is 18.2 Å². The molecule has 0 aliphatic carbocycles. The fourth-order valence-corrected chi connectivity index (χ4v) is 0. The maximum atomic E-state index is 10.1. The molecule has 0 aliphatic rings. The summed E-state index contributed by atoms with van der Waals surface area (Å²) in [4.78, 5) is 0. The number of rotatable bonds is 0. The van der Waals surface area contributed by atoms with Crippen molar-refractivity contribution in [3.05, 3.63) is 12.7 Å². The van der Waals surface area contributed by atoms with E-state index in [4.69, 9.17) is 0 Å². The second-order valence-electron chi connectivity index (χ2n) is 0.339. The summed E-state index contributed by atoms with van der Waals surface area (Å²) in [6, 6.07) is 0. The van der Waals surface area contributed by atoms with Gasteiger partial charge in [-0.05, 0) is 6.58 Å². The Morgan fingerprint density at radius 2 is 1.17 bits per heavy atom. The second-order valence-corrected chi connectivity index (χ2v) is 0.339. The van der Waals surface area contributed by atoms with Gasteiger partial charge in [0.15, 0.2) is 0 Å².